The highest BCUT2D eigenvalue weighted by molar-refractivity contribution is 8.00. The van der Waals surface area contributed by atoms with E-state index in [-0.39, 0.29) is 28.6 Å². The molecule has 110 valence electrons. The van der Waals surface area contributed by atoms with Gasteiger partial charge in [0.25, 0.3) is 0 Å². The number of halogens is 2. The molecule has 0 bridgehead atoms. The molecule has 0 aromatic heterocycles. The maximum absolute atomic E-state index is 12.9. The van der Waals surface area contributed by atoms with Crippen LogP contribution in [0.25, 0.3) is 0 Å². The van der Waals surface area contributed by atoms with Crippen LogP contribution >= 0.6 is 23.4 Å². The van der Waals surface area contributed by atoms with Crippen LogP contribution in [0, 0.1) is 5.82 Å². The lowest BCUT2D eigenvalue weighted by atomic mass is 10.3. The summed E-state index contributed by atoms with van der Waals surface area (Å²) in [4.78, 5) is 22.8. The number of carbonyl (C=O) groups excluding carboxylic acids is 2. The van der Waals surface area contributed by atoms with Gasteiger partial charge in [-0.2, -0.15) is 0 Å². The highest BCUT2D eigenvalue weighted by Crippen LogP contribution is 2.23. The first-order valence-corrected chi connectivity index (χ1v) is 7.31. The molecule has 1 atom stereocenters. The predicted molar refractivity (Wildman–Crippen MR) is 78.6 cm³/mol. The van der Waals surface area contributed by atoms with Gasteiger partial charge in [0, 0.05) is 5.75 Å². The normalized spacial score (nSPS) is 11.8. The van der Waals surface area contributed by atoms with Gasteiger partial charge in [0.05, 0.1) is 29.5 Å². The maximum Gasteiger partial charge on any atom is 0.306 e. The van der Waals surface area contributed by atoms with Gasteiger partial charge in [0.15, 0.2) is 0 Å². The first-order valence-electron chi connectivity index (χ1n) is 5.88. The number of anilines is 1. The molecule has 4 nitrogen and oxygen atoms in total. The highest BCUT2D eigenvalue weighted by atomic mass is 35.5. The summed E-state index contributed by atoms with van der Waals surface area (Å²) in [6, 6.07) is 3.75. The molecule has 0 saturated heterocycles. The first kappa shape index (κ1) is 16.8. The summed E-state index contributed by atoms with van der Waals surface area (Å²) in [5.41, 5.74) is 0.360. The summed E-state index contributed by atoms with van der Waals surface area (Å²) in [5.74, 6) is -0.549. The van der Waals surface area contributed by atoms with Gasteiger partial charge in [-0.3, -0.25) is 9.59 Å². The van der Waals surface area contributed by atoms with E-state index in [9.17, 15) is 14.0 Å². The van der Waals surface area contributed by atoms with Crippen LogP contribution in [0.5, 0.6) is 0 Å². The molecular formula is C13H15ClFNO3S. The lowest BCUT2D eigenvalue weighted by Crippen LogP contribution is -2.23. The Morgan fingerprint density at radius 2 is 2.20 bits per heavy atom. The van der Waals surface area contributed by atoms with E-state index in [2.05, 4.69) is 10.1 Å². The number of benzene rings is 1. The summed E-state index contributed by atoms with van der Waals surface area (Å²) in [7, 11) is 1.32. The van der Waals surface area contributed by atoms with E-state index in [0.717, 1.165) is 6.07 Å². The third-order valence-electron chi connectivity index (χ3n) is 2.46. The van der Waals surface area contributed by atoms with E-state index in [1.54, 1.807) is 6.92 Å². The SMILES string of the molecule is COC(=O)CCS[C@@H](C)C(=O)Nc1ccc(F)cc1Cl. The van der Waals surface area contributed by atoms with E-state index in [1.165, 1.54) is 31.0 Å². The molecule has 1 aromatic carbocycles. The van der Waals surface area contributed by atoms with Crippen LogP contribution in [0.1, 0.15) is 13.3 Å². The highest BCUT2D eigenvalue weighted by Gasteiger charge is 2.15. The number of thioether (sulfide) groups is 1. The fourth-order valence-corrected chi connectivity index (χ4v) is 2.38. The van der Waals surface area contributed by atoms with E-state index < -0.39 is 5.82 Å². The molecule has 7 heteroatoms. The molecule has 0 saturated carbocycles. The second-order valence-electron chi connectivity index (χ2n) is 3.95. The Morgan fingerprint density at radius 1 is 1.50 bits per heavy atom. The molecule has 0 radical (unpaired) electrons. The zero-order valence-electron chi connectivity index (χ0n) is 11.1. The average molecular weight is 320 g/mol. The number of amides is 1. The van der Waals surface area contributed by atoms with Crippen LogP contribution in [0.15, 0.2) is 18.2 Å². The standard InChI is InChI=1S/C13H15ClFNO3S/c1-8(20-6-5-12(17)19-2)13(18)16-11-4-3-9(15)7-10(11)14/h3-4,7-8H,5-6H2,1-2H3,(H,16,18)/t8-/m0/s1. The Hall–Kier alpha value is -1.27. The second kappa shape index (κ2) is 8.11. The smallest absolute Gasteiger partial charge is 0.306 e. The van der Waals surface area contributed by atoms with Gasteiger partial charge in [0.2, 0.25) is 5.91 Å². The van der Waals surface area contributed by atoms with Gasteiger partial charge >= 0.3 is 5.97 Å². The molecule has 0 fully saturated rings. The van der Waals surface area contributed by atoms with Crippen molar-refractivity contribution in [2.45, 2.75) is 18.6 Å². The number of carbonyl (C=O) groups is 2. The van der Waals surface area contributed by atoms with Crippen LogP contribution in [0.3, 0.4) is 0 Å². The molecule has 20 heavy (non-hydrogen) atoms. The van der Waals surface area contributed by atoms with Crippen molar-refractivity contribution in [2.24, 2.45) is 0 Å². The first-order chi connectivity index (χ1) is 9.43. The molecule has 1 N–H and O–H groups in total. The Labute approximate surface area is 126 Å². The van der Waals surface area contributed by atoms with Crippen molar-refractivity contribution >= 4 is 40.9 Å². The molecule has 0 spiro atoms. The van der Waals surface area contributed by atoms with Crippen molar-refractivity contribution in [1.82, 2.24) is 0 Å². The molecule has 1 amide bonds. The van der Waals surface area contributed by atoms with Crippen molar-refractivity contribution in [3.8, 4) is 0 Å². The number of methoxy groups -OCH3 is 1. The zero-order valence-corrected chi connectivity index (χ0v) is 12.7. The summed E-state index contributed by atoms with van der Waals surface area (Å²) < 4.78 is 17.4. The second-order valence-corrected chi connectivity index (χ2v) is 5.81. The average Bonchev–Trinajstić information content (AvgIpc) is 2.41. The minimum Gasteiger partial charge on any atom is -0.469 e. The zero-order chi connectivity index (χ0) is 15.1. The number of hydrogen-bond donors (Lipinski definition) is 1. The molecule has 0 unspecified atom stereocenters. The molecule has 0 aliphatic heterocycles. The number of rotatable bonds is 6. The van der Waals surface area contributed by atoms with Crippen LogP contribution < -0.4 is 5.32 Å². The fraction of sp³-hybridized carbons (Fsp3) is 0.385. The maximum atomic E-state index is 12.9. The van der Waals surface area contributed by atoms with Crippen molar-refractivity contribution in [1.29, 1.82) is 0 Å². The van der Waals surface area contributed by atoms with E-state index >= 15 is 0 Å². The minimum atomic E-state index is -0.464. The number of hydrogen-bond acceptors (Lipinski definition) is 4. The summed E-state index contributed by atoms with van der Waals surface area (Å²) >= 11 is 7.15. The molecule has 0 aliphatic carbocycles. The Bertz CT molecular complexity index is 499. The van der Waals surface area contributed by atoms with Crippen molar-refractivity contribution < 1.29 is 18.7 Å². The summed E-state index contributed by atoms with van der Waals surface area (Å²) in [6.45, 7) is 1.72. The molecule has 0 heterocycles. The Morgan fingerprint density at radius 3 is 2.80 bits per heavy atom. The van der Waals surface area contributed by atoms with Gasteiger partial charge in [-0.25, -0.2) is 4.39 Å². The molecule has 1 rings (SSSR count). The lowest BCUT2D eigenvalue weighted by Gasteiger charge is -2.12. The number of esters is 1. The van der Waals surface area contributed by atoms with Crippen molar-refractivity contribution in [3.63, 3.8) is 0 Å². The third-order valence-corrected chi connectivity index (χ3v) is 3.93. The van der Waals surface area contributed by atoms with Crippen LogP contribution in [0.4, 0.5) is 10.1 Å². The predicted octanol–water partition coefficient (Wildman–Crippen LogP) is 3.10. The molecular weight excluding hydrogens is 305 g/mol. The van der Waals surface area contributed by atoms with Crippen molar-refractivity contribution in [3.05, 3.63) is 29.0 Å². The van der Waals surface area contributed by atoms with Crippen LogP contribution in [0.2, 0.25) is 5.02 Å². The molecule has 0 aliphatic rings. The van der Waals surface area contributed by atoms with Crippen LogP contribution in [-0.4, -0.2) is 30.0 Å². The van der Waals surface area contributed by atoms with Crippen LogP contribution in [-0.2, 0) is 14.3 Å². The minimum absolute atomic E-state index is 0.144. The largest absolute Gasteiger partial charge is 0.469 e. The Balaban J connectivity index is 2.47. The van der Waals surface area contributed by atoms with E-state index in [1.807, 2.05) is 0 Å². The van der Waals surface area contributed by atoms with E-state index in [0.29, 0.717) is 11.4 Å². The summed E-state index contributed by atoms with van der Waals surface area (Å²) in [5, 5.41) is 2.40. The van der Waals surface area contributed by atoms with Gasteiger partial charge in [-0.05, 0) is 25.1 Å². The monoisotopic (exact) mass is 319 g/mol. The van der Waals surface area contributed by atoms with Gasteiger partial charge in [-0.1, -0.05) is 11.6 Å². The fourth-order valence-electron chi connectivity index (χ4n) is 1.32. The van der Waals surface area contributed by atoms with Gasteiger partial charge in [-0.15, -0.1) is 11.8 Å². The Kier molecular flexibility index (Phi) is 6.81. The van der Waals surface area contributed by atoms with Gasteiger partial charge in [0.1, 0.15) is 5.82 Å². The van der Waals surface area contributed by atoms with Gasteiger partial charge < -0.3 is 10.1 Å². The molecule has 1 aromatic rings. The lowest BCUT2D eigenvalue weighted by molar-refractivity contribution is -0.140. The summed E-state index contributed by atoms with van der Waals surface area (Å²) in [6.07, 6.45) is 0.246. The number of nitrogens with one attached hydrogen (secondary N) is 1. The number of ether oxygens (including phenoxy) is 1. The topological polar surface area (TPSA) is 55.4 Å². The van der Waals surface area contributed by atoms with E-state index in [4.69, 9.17) is 11.6 Å². The van der Waals surface area contributed by atoms with Crippen molar-refractivity contribution in [2.75, 3.05) is 18.2 Å². The quantitative estimate of drug-likeness (QED) is 0.819. The third kappa shape index (κ3) is 5.38.